The Hall–Kier alpha value is -2.35. The SMILES string of the molecule is COc1cc(NS(=O)(=O)c2cccc(F)c2N)ccc1F. The third kappa shape index (κ3) is 3.05. The predicted molar refractivity (Wildman–Crippen MR) is 74.6 cm³/mol. The molecule has 0 radical (unpaired) electrons. The molecule has 0 atom stereocenters. The quantitative estimate of drug-likeness (QED) is 0.849. The van der Waals surface area contributed by atoms with E-state index in [1.54, 1.807) is 0 Å². The third-order valence-corrected chi connectivity index (χ3v) is 4.15. The van der Waals surface area contributed by atoms with Gasteiger partial charge in [-0.25, -0.2) is 17.2 Å². The summed E-state index contributed by atoms with van der Waals surface area (Å²) in [5, 5.41) is 0. The van der Waals surface area contributed by atoms with Crippen molar-refractivity contribution >= 4 is 21.4 Å². The molecule has 2 aromatic rings. The van der Waals surface area contributed by atoms with Gasteiger partial charge < -0.3 is 10.5 Å². The van der Waals surface area contributed by atoms with Crippen LogP contribution < -0.4 is 15.2 Å². The van der Waals surface area contributed by atoms with Crippen LogP contribution in [-0.4, -0.2) is 15.5 Å². The van der Waals surface area contributed by atoms with Crippen LogP contribution in [0, 0.1) is 11.6 Å². The summed E-state index contributed by atoms with van der Waals surface area (Å²) in [5.74, 6) is -1.59. The Morgan fingerprint density at radius 2 is 1.86 bits per heavy atom. The summed E-state index contributed by atoms with van der Waals surface area (Å²) in [6.45, 7) is 0. The number of benzene rings is 2. The molecule has 0 aromatic heterocycles. The molecule has 0 spiro atoms. The van der Waals surface area contributed by atoms with Gasteiger partial charge in [-0.15, -0.1) is 0 Å². The Bertz CT molecular complexity index is 779. The molecule has 0 amide bonds. The van der Waals surface area contributed by atoms with Crippen molar-refractivity contribution in [2.75, 3.05) is 17.6 Å². The third-order valence-electron chi connectivity index (χ3n) is 2.71. The van der Waals surface area contributed by atoms with Crippen LogP contribution in [0.25, 0.3) is 0 Å². The molecule has 5 nitrogen and oxygen atoms in total. The molecule has 112 valence electrons. The second kappa shape index (κ2) is 5.57. The van der Waals surface area contributed by atoms with Crippen LogP contribution in [0.3, 0.4) is 0 Å². The maximum absolute atomic E-state index is 13.3. The van der Waals surface area contributed by atoms with Gasteiger partial charge in [0, 0.05) is 6.07 Å². The molecule has 0 fully saturated rings. The second-order valence-corrected chi connectivity index (χ2v) is 5.76. The Kier molecular flexibility index (Phi) is 3.99. The Labute approximate surface area is 120 Å². The molecule has 21 heavy (non-hydrogen) atoms. The summed E-state index contributed by atoms with van der Waals surface area (Å²) in [5.41, 5.74) is 5.00. The van der Waals surface area contributed by atoms with Gasteiger partial charge in [0.2, 0.25) is 0 Å². The highest BCUT2D eigenvalue weighted by molar-refractivity contribution is 7.92. The zero-order chi connectivity index (χ0) is 15.6. The van der Waals surface area contributed by atoms with Gasteiger partial charge in [-0.3, -0.25) is 4.72 Å². The van der Waals surface area contributed by atoms with E-state index in [0.717, 1.165) is 12.1 Å². The number of sulfonamides is 1. The summed E-state index contributed by atoms with van der Waals surface area (Å²) in [4.78, 5) is -0.397. The molecule has 0 bridgehead atoms. The second-order valence-electron chi connectivity index (χ2n) is 4.11. The zero-order valence-electron chi connectivity index (χ0n) is 10.9. The zero-order valence-corrected chi connectivity index (χ0v) is 11.7. The van der Waals surface area contributed by atoms with Crippen molar-refractivity contribution in [3.05, 3.63) is 48.0 Å². The van der Waals surface area contributed by atoms with E-state index in [1.165, 1.54) is 31.4 Å². The van der Waals surface area contributed by atoms with Gasteiger partial charge in [0.1, 0.15) is 10.7 Å². The van der Waals surface area contributed by atoms with Crippen molar-refractivity contribution in [1.82, 2.24) is 0 Å². The van der Waals surface area contributed by atoms with Crippen molar-refractivity contribution in [2.24, 2.45) is 0 Å². The first-order chi connectivity index (χ1) is 9.85. The van der Waals surface area contributed by atoms with E-state index in [4.69, 9.17) is 10.5 Å². The maximum atomic E-state index is 13.3. The molecule has 0 unspecified atom stereocenters. The van der Waals surface area contributed by atoms with E-state index >= 15 is 0 Å². The molecular formula is C13H12F2N2O3S. The lowest BCUT2D eigenvalue weighted by Gasteiger charge is -2.11. The molecule has 0 heterocycles. The number of nitrogens with two attached hydrogens (primary N) is 1. The molecule has 0 saturated carbocycles. The number of hydrogen-bond donors (Lipinski definition) is 2. The van der Waals surface area contributed by atoms with Crippen LogP contribution in [0.1, 0.15) is 0 Å². The number of ether oxygens (including phenoxy) is 1. The van der Waals surface area contributed by atoms with Gasteiger partial charge in [0.05, 0.1) is 18.5 Å². The monoisotopic (exact) mass is 314 g/mol. The number of anilines is 2. The minimum atomic E-state index is -4.10. The fraction of sp³-hybridized carbons (Fsp3) is 0.0769. The van der Waals surface area contributed by atoms with Crippen molar-refractivity contribution in [2.45, 2.75) is 4.90 Å². The number of nitrogen functional groups attached to an aromatic ring is 1. The topological polar surface area (TPSA) is 81.4 Å². The molecule has 3 N–H and O–H groups in total. The minimum Gasteiger partial charge on any atom is -0.494 e. The summed E-state index contributed by atoms with van der Waals surface area (Å²) in [6, 6.07) is 6.88. The normalized spacial score (nSPS) is 11.2. The van der Waals surface area contributed by atoms with Gasteiger partial charge >= 0.3 is 0 Å². The predicted octanol–water partition coefficient (Wildman–Crippen LogP) is 2.36. The van der Waals surface area contributed by atoms with Crippen molar-refractivity contribution in [1.29, 1.82) is 0 Å². The van der Waals surface area contributed by atoms with Crippen LogP contribution in [0.15, 0.2) is 41.3 Å². The lowest BCUT2D eigenvalue weighted by atomic mass is 10.3. The van der Waals surface area contributed by atoms with Crippen LogP contribution >= 0.6 is 0 Å². The van der Waals surface area contributed by atoms with Crippen LogP contribution in [0.5, 0.6) is 5.75 Å². The number of rotatable bonds is 4. The molecule has 8 heteroatoms. The highest BCUT2D eigenvalue weighted by atomic mass is 32.2. The Morgan fingerprint density at radius 1 is 1.14 bits per heavy atom. The van der Waals surface area contributed by atoms with Gasteiger partial charge in [0.25, 0.3) is 10.0 Å². The first-order valence-corrected chi connectivity index (χ1v) is 7.24. The maximum Gasteiger partial charge on any atom is 0.264 e. The largest absolute Gasteiger partial charge is 0.494 e. The van der Waals surface area contributed by atoms with Crippen LogP contribution in [0.4, 0.5) is 20.2 Å². The van der Waals surface area contributed by atoms with Crippen molar-refractivity contribution in [3.63, 3.8) is 0 Å². The highest BCUT2D eigenvalue weighted by Crippen LogP contribution is 2.26. The van der Waals surface area contributed by atoms with Crippen LogP contribution in [-0.2, 0) is 10.0 Å². The van der Waals surface area contributed by atoms with Crippen LogP contribution in [0.2, 0.25) is 0 Å². The van der Waals surface area contributed by atoms with E-state index in [9.17, 15) is 17.2 Å². The fourth-order valence-electron chi connectivity index (χ4n) is 1.68. The molecule has 2 aromatic carbocycles. The van der Waals surface area contributed by atoms with E-state index < -0.39 is 32.2 Å². The summed E-state index contributed by atoms with van der Waals surface area (Å²) in [7, 11) is -2.85. The standard InChI is InChI=1S/C13H12F2N2O3S/c1-20-11-7-8(5-6-9(11)14)17-21(18,19)12-4-2-3-10(15)13(12)16/h2-7,17H,16H2,1H3. The molecular weight excluding hydrogens is 302 g/mol. The van der Waals surface area contributed by atoms with Crippen molar-refractivity contribution < 1.29 is 21.9 Å². The summed E-state index contributed by atoms with van der Waals surface area (Å²) >= 11 is 0. The van der Waals surface area contributed by atoms with Crippen molar-refractivity contribution in [3.8, 4) is 5.75 Å². The highest BCUT2D eigenvalue weighted by Gasteiger charge is 2.20. The van der Waals surface area contributed by atoms with Gasteiger partial charge in [-0.1, -0.05) is 6.07 Å². The lowest BCUT2D eigenvalue weighted by molar-refractivity contribution is 0.387. The number of hydrogen-bond acceptors (Lipinski definition) is 4. The number of halogens is 2. The van der Waals surface area contributed by atoms with Gasteiger partial charge in [-0.05, 0) is 24.3 Å². The Balaban J connectivity index is 2.40. The molecule has 2 rings (SSSR count). The van der Waals surface area contributed by atoms with Gasteiger partial charge in [0.15, 0.2) is 11.6 Å². The van der Waals surface area contributed by atoms with E-state index in [1.807, 2.05) is 0 Å². The summed E-state index contributed by atoms with van der Waals surface area (Å²) in [6.07, 6.45) is 0. The average Bonchev–Trinajstić information content (AvgIpc) is 2.43. The lowest BCUT2D eigenvalue weighted by Crippen LogP contribution is -2.15. The average molecular weight is 314 g/mol. The molecule has 0 saturated heterocycles. The fourth-order valence-corrected chi connectivity index (χ4v) is 2.88. The first kappa shape index (κ1) is 15.0. The Morgan fingerprint density at radius 3 is 2.52 bits per heavy atom. The number of nitrogens with one attached hydrogen (secondary N) is 1. The molecule has 0 aliphatic carbocycles. The number of para-hydroxylation sites is 1. The molecule has 0 aliphatic heterocycles. The first-order valence-electron chi connectivity index (χ1n) is 5.75. The minimum absolute atomic E-state index is 0.0666. The van der Waals surface area contributed by atoms with E-state index in [0.29, 0.717) is 0 Å². The van der Waals surface area contributed by atoms with E-state index in [2.05, 4.69) is 4.72 Å². The summed E-state index contributed by atoms with van der Waals surface area (Å²) < 4.78 is 57.9. The number of methoxy groups -OCH3 is 1. The molecule has 0 aliphatic rings. The van der Waals surface area contributed by atoms with E-state index in [-0.39, 0.29) is 11.4 Å². The van der Waals surface area contributed by atoms with Gasteiger partial charge in [-0.2, -0.15) is 0 Å². The smallest absolute Gasteiger partial charge is 0.264 e.